The van der Waals surface area contributed by atoms with Gasteiger partial charge in [0.15, 0.2) is 0 Å². The number of rotatable bonds is 5. The minimum atomic E-state index is -1.48. The van der Waals surface area contributed by atoms with E-state index in [2.05, 4.69) is 72.2 Å². The monoisotopic (exact) mass is 530 g/mol. The van der Waals surface area contributed by atoms with Crippen molar-refractivity contribution in [3.63, 3.8) is 0 Å². The summed E-state index contributed by atoms with van der Waals surface area (Å²) in [6, 6.07) is 18.6. The lowest BCUT2D eigenvalue weighted by Gasteiger charge is -2.53. The van der Waals surface area contributed by atoms with E-state index in [4.69, 9.17) is 0 Å². The molecule has 2 aromatic carbocycles. The fourth-order valence-corrected chi connectivity index (χ4v) is 16.7. The van der Waals surface area contributed by atoms with E-state index in [0.29, 0.717) is 0 Å². The standard InChI is InChI=1S/C35H51N2P/c1-28-16-12-14-24-33(28)36-26-27-37(34-25-15-13-17-29(34)2)35(36)38(30-18-6-3-7-19-30,31-20-8-4-9-21-31)32-22-10-5-11-23-32/h12-17,24-25,30-32H,3-11,18-23,26-27H2,1-2H3. The zero-order chi connectivity index (χ0) is 26.0. The summed E-state index contributed by atoms with van der Waals surface area (Å²) >= 11 is 0. The molecule has 1 aliphatic heterocycles. The molecule has 0 N–H and O–H groups in total. The molecule has 6 rings (SSSR count). The van der Waals surface area contributed by atoms with Gasteiger partial charge in [0.2, 0.25) is 0 Å². The lowest BCUT2D eigenvalue weighted by molar-refractivity contribution is 0.458. The van der Waals surface area contributed by atoms with Crippen molar-refractivity contribution in [1.82, 2.24) is 0 Å². The summed E-state index contributed by atoms with van der Waals surface area (Å²) in [7, 11) is 0. The van der Waals surface area contributed by atoms with Crippen molar-refractivity contribution in [2.24, 2.45) is 0 Å². The molecular weight excluding hydrogens is 479 g/mol. The summed E-state index contributed by atoms with van der Waals surface area (Å²) < 4.78 is 0. The highest BCUT2D eigenvalue weighted by Gasteiger charge is 2.49. The van der Waals surface area contributed by atoms with Crippen molar-refractivity contribution in [2.75, 3.05) is 22.9 Å². The van der Waals surface area contributed by atoms with Gasteiger partial charge in [-0.2, -0.15) is 0 Å². The topological polar surface area (TPSA) is 6.48 Å². The molecule has 0 aromatic heterocycles. The van der Waals surface area contributed by atoms with Crippen LogP contribution in [0.5, 0.6) is 0 Å². The average molecular weight is 531 g/mol. The number of hydrogen-bond donors (Lipinski definition) is 0. The van der Waals surface area contributed by atoms with Crippen LogP contribution in [-0.2, 0) is 0 Å². The molecule has 0 spiro atoms. The molecule has 0 atom stereocenters. The lowest BCUT2D eigenvalue weighted by atomic mass is 9.99. The van der Waals surface area contributed by atoms with Crippen LogP contribution in [0, 0.1) is 13.8 Å². The molecule has 38 heavy (non-hydrogen) atoms. The number of aryl methyl sites for hydroxylation is 2. The second-order valence-electron chi connectivity index (χ2n) is 12.9. The van der Waals surface area contributed by atoms with Crippen LogP contribution in [0.1, 0.15) is 107 Å². The molecule has 4 aliphatic rings. The van der Waals surface area contributed by atoms with Gasteiger partial charge in [0.25, 0.3) is 0 Å². The summed E-state index contributed by atoms with van der Waals surface area (Å²) in [5.74, 6) is 0. The van der Waals surface area contributed by atoms with Crippen LogP contribution in [0.25, 0.3) is 0 Å². The molecule has 3 saturated carbocycles. The zero-order valence-electron chi connectivity index (χ0n) is 24.2. The van der Waals surface area contributed by atoms with Crippen molar-refractivity contribution in [2.45, 2.75) is 127 Å². The van der Waals surface area contributed by atoms with Gasteiger partial charge in [-0.05, 0) is 92.6 Å². The van der Waals surface area contributed by atoms with Crippen LogP contribution in [0.3, 0.4) is 0 Å². The maximum atomic E-state index is 2.91. The van der Waals surface area contributed by atoms with E-state index in [1.807, 2.05) is 5.54 Å². The molecule has 0 bridgehead atoms. The molecule has 0 unspecified atom stereocenters. The zero-order valence-corrected chi connectivity index (χ0v) is 25.1. The summed E-state index contributed by atoms with van der Waals surface area (Å²) in [6.45, 7) is 5.50. The third kappa shape index (κ3) is 4.78. The highest BCUT2D eigenvalue weighted by Crippen LogP contribution is 2.71. The lowest BCUT2D eigenvalue weighted by Crippen LogP contribution is -2.44. The third-order valence-electron chi connectivity index (χ3n) is 10.7. The minimum absolute atomic E-state index is 0.939. The quantitative estimate of drug-likeness (QED) is 0.355. The van der Waals surface area contributed by atoms with Gasteiger partial charge >= 0.3 is 0 Å². The molecule has 0 radical (unpaired) electrons. The fraction of sp³-hybridized carbons (Fsp3) is 0.629. The van der Waals surface area contributed by atoms with Crippen LogP contribution < -0.4 is 9.80 Å². The van der Waals surface area contributed by atoms with Crippen molar-refractivity contribution in [1.29, 1.82) is 0 Å². The predicted octanol–water partition coefficient (Wildman–Crippen LogP) is 9.73. The summed E-state index contributed by atoms with van der Waals surface area (Å²) in [6.07, 6.45) is 22.1. The normalized spacial score (nSPS) is 22.8. The van der Waals surface area contributed by atoms with Gasteiger partial charge in [-0.1, -0.05) is 101 Å². The molecule has 1 heterocycles. The Balaban J connectivity index is 1.67. The van der Waals surface area contributed by atoms with Gasteiger partial charge in [-0.15, -0.1) is 0 Å². The Kier molecular flexibility index (Phi) is 8.27. The van der Waals surface area contributed by atoms with E-state index in [9.17, 15) is 0 Å². The number of hydrogen-bond acceptors (Lipinski definition) is 0. The Bertz CT molecular complexity index is 1030. The first-order valence-corrected chi connectivity index (χ1v) is 18.1. The summed E-state index contributed by atoms with van der Waals surface area (Å²) in [5.41, 5.74) is 10.5. The Hall–Kier alpha value is -1.66. The highest BCUT2D eigenvalue weighted by atomic mass is 31.2. The molecular formula is C35H51N2P. The largest absolute Gasteiger partial charge is 0.326 e. The smallest absolute Gasteiger partial charge is 0.109 e. The van der Waals surface area contributed by atoms with Crippen molar-refractivity contribution in [3.8, 4) is 0 Å². The number of anilines is 2. The van der Waals surface area contributed by atoms with E-state index in [1.165, 1.54) is 119 Å². The van der Waals surface area contributed by atoms with Gasteiger partial charge in [0, 0.05) is 24.5 Å². The molecule has 4 fully saturated rings. The second-order valence-corrected chi connectivity index (χ2v) is 17.1. The Morgan fingerprint density at radius 2 is 0.842 bits per heavy atom. The van der Waals surface area contributed by atoms with Gasteiger partial charge in [0.05, 0.1) is 0 Å². The first kappa shape index (κ1) is 26.6. The van der Waals surface area contributed by atoms with Gasteiger partial charge in [0.1, 0.15) is 5.54 Å². The molecule has 2 aromatic rings. The maximum Gasteiger partial charge on any atom is 0.109 e. The van der Waals surface area contributed by atoms with Crippen LogP contribution >= 0.6 is 6.89 Å². The molecule has 3 aliphatic carbocycles. The number of nitrogens with zero attached hydrogens (tertiary/aromatic N) is 2. The fourth-order valence-electron chi connectivity index (χ4n) is 9.06. The first-order chi connectivity index (χ1) is 18.7. The second kappa shape index (κ2) is 11.8. The molecule has 2 nitrogen and oxygen atoms in total. The van der Waals surface area contributed by atoms with E-state index >= 15 is 0 Å². The van der Waals surface area contributed by atoms with Crippen molar-refractivity contribution in [3.05, 3.63) is 59.7 Å². The Labute approximate surface area is 233 Å². The van der Waals surface area contributed by atoms with Crippen LogP contribution in [0.15, 0.2) is 48.5 Å². The SMILES string of the molecule is Cc1ccccc1N1CCN(c2ccccc2C)C1=P(C1CCCCC1)(C1CCCCC1)C1CCCCC1. The Morgan fingerprint density at radius 3 is 1.18 bits per heavy atom. The molecule has 0 amide bonds. The Morgan fingerprint density at radius 1 is 0.500 bits per heavy atom. The molecule has 1 saturated heterocycles. The van der Waals surface area contributed by atoms with E-state index in [-0.39, 0.29) is 0 Å². The van der Waals surface area contributed by atoms with Gasteiger partial charge in [-0.3, -0.25) is 0 Å². The summed E-state index contributed by atoms with van der Waals surface area (Å²) in [5, 5.41) is 0. The molecule has 3 heteroatoms. The van der Waals surface area contributed by atoms with Crippen molar-refractivity contribution >= 4 is 23.8 Å². The third-order valence-corrected chi connectivity index (χ3v) is 17.1. The van der Waals surface area contributed by atoms with E-state index in [0.717, 1.165) is 30.1 Å². The van der Waals surface area contributed by atoms with Gasteiger partial charge < -0.3 is 9.80 Å². The van der Waals surface area contributed by atoms with Crippen LogP contribution in [-0.4, -0.2) is 35.6 Å². The molecule has 206 valence electrons. The van der Waals surface area contributed by atoms with Gasteiger partial charge in [-0.25, -0.2) is 0 Å². The summed E-state index contributed by atoms with van der Waals surface area (Å²) in [4.78, 5) is 5.82. The highest BCUT2D eigenvalue weighted by molar-refractivity contribution is 7.78. The predicted molar refractivity (Wildman–Crippen MR) is 170 cm³/mol. The van der Waals surface area contributed by atoms with E-state index in [1.54, 1.807) is 0 Å². The number of para-hydroxylation sites is 2. The average Bonchev–Trinajstić information content (AvgIpc) is 3.40. The number of benzene rings is 2. The van der Waals surface area contributed by atoms with Crippen molar-refractivity contribution < 1.29 is 0 Å². The van der Waals surface area contributed by atoms with Crippen LogP contribution in [0.4, 0.5) is 11.4 Å². The van der Waals surface area contributed by atoms with E-state index < -0.39 is 6.89 Å². The maximum absolute atomic E-state index is 2.91. The minimum Gasteiger partial charge on any atom is -0.326 e. The van der Waals surface area contributed by atoms with Crippen LogP contribution in [0.2, 0.25) is 0 Å². The first-order valence-electron chi connectivity index (χ1n) is 16.1.